The standard InChI is InChI=1S/C14H14N6O/c1-9-5-3-4-6-11(9)14(21)17-12-10(2)18-19-13(12)20-7-15-16-8-20/h3-8H,1-2H3,(H,17,21)(H,18,19). The Balaban J connectivity index is 1.94. The van der Waals surface area contributed by atoms with Gasteiger partial charge in [-0.1, -0.05) is 18.2 Å². The van der Waals surface area contributed by atoms with Gasteiger partial charge in [0.15, 0.2) is 5.82 Å². The first kappa shape index (κ1) is 13.0. The number of aromatic nitrogens is 5. The van der Waals surface area contributed by atoms with Gasteiger partial charge in [0, 0.05) is 5.56 Å². The topological polar surface area (TPSA) is 88.5 Å². The monoisotopic (exact) mass is 282 g/mol. The summed E-state index contributed by atoms with van der Waals surface area (Å²) < 4.78 is 1.64. The first-order valence-corrected chi connectivity index (χ1v) is 6.44. The van der Waals surface area contributed by atoms with Gasteiger partial charge >= 0.3 is 0 Å². The van der Waals surface area contributed by atoms with Crippen LogP contribution in [0.1, 0.15) is 21.6 Å². The average molecular weight is 282 g/mol. The summed E-state index contributed by atoms with van der Waals surface area (Å²) in [5.41, 5.74) is 2.93. The predicted octanol–water partition coefficient (Wildman–Crippen LogP) is 1.86. The molecule has 21 heavy (non-hydrogen) atoms. The number of anilines is 1. The molecule has 2 aromatic heterocycles. The molecule has 0 bridgehead atoms. The molecule has 2 heterocycles. The van der Waals surface area contributed by atoms with Crippen molar-refractivity contribution in [2.75, 3.05) is 5.32 Å². The summed E-state index contributed by atoms with van der Waals surface area (Å²) in [6.07, 6.45) is 3.05. The zero-order valence-corrected chi connectivity index (χ0v) is 11.7. The number of carbonyl (C=O) groups excluding carboxylic acids is 1. The number of nitrogens with zero attached hydrogens (tertiary/aromatic N) is 4. The number of aryl methyl sites for hydroxylation is 2. The van der Waals surface area contributed by atoms with Crippen LogP contribution in [0.3, 0.4) is 0 Å². The van der Waals surface area contributed by atoms with Crippen molar-refractivity contribution >= 4 is 11.6 Å². The van der Waals surface area contributed by atoms with Crippen molar-refractivity contribution in [3.05, 3.63) is 53.7 Å². The zero-order chi connectivity index (χ0) is 14.8. The Bertz CT molecular complexity index is 775. The van der Waals surface area contributed by atoms with Gasteiger partial charge in [0.05, 0.1) is 5.69 Å². The van der Waals surface area contributed by atoms with Crippen molar-refractivity contribution in [1.29, 1.82) is 0 Å². The molecule has 1 aromatic carbocycles. The van der Waals surface area contributed by atoms with Crippen molar-refractivity contribution in [3.8, 4) is 5.82 Å². The molecule has 0 saturated heterocycles. The Morgan fingerprint density at radius 1 is 1.19 bits per heavy atom. The lowest BCUT2D eigenvalue weighted by Crippen LogP contribution is -2.15. The van der Waals surface area contributed by atoms with Crippen LogP contribution in [0.15, 0.2) is 36.9 Å². The van der Waals surface area contributed by atoms with Crippen LogP contribution in [0.2, 0.25) is 0 Å². The van der Waals surface area contributed by atoms with Crippen molar-refractivity contribution in [2.45, 2.75) is 13.8 Å². The summed E-state index contributed by atoms with van der Waals surface area (Å²) in [5, 5.41) is 17.4. The van der Waals surface area contributed by atoms with Gasteiger partial charge in [-0.2, -0.15) is 5.10 Å². The van der Waals surface area contributed by atoms with Crippen LogP contribution in [-0.4, -0.2) is 30.9 Å². The molecular weight excluding hydrogens is 268 g/mol. The van der Waals surface area contributed by atoms with E-state index < -0.39 is 0 Å². The van der Waals surface area contributed by atoms with Gasteiger partial charge in [0.2, 0.25) is 0 Å². The molecule has 0 spiro atoms. The number of hydrogen-bond acceptors (Lipinski definition) is 4. The third-order valence-electron chi connectivity index (χ3n) is 3.22. The lowest BCUT2D eigenvalue weighted by atomic mass is 10.1. The van der Waals surface area contributed by atoms with E-state index >= 15 is 0 Å². The smallest absolute Gasteiger partial charge is 0.256 e. The number of carbonyl (C=O) groups is 1. The molecule has 0 saturated carbocycles. The highest BCUT2D eigenvalue weighted by Gasteiger charge is 2.16. The Morgan fingerprint density at radius 2 is 1.90 bits per heavy atom. The van der Waals surface area contributed by atoms with Crippen molar-refractivity contribution in [2.24, 2.45) is 0 Å². The normalized spacial score (nSPS) is 10.6. The van der Waals surface area contributed by atoms with Crippen LogP contribution >= 0.6 is 0 Å². The van der Waals surface area contributed by atoms with E-state index in [-0.39, 0.29) is 5.91 Å². The molecule has 0 atom stereocenters. The summed E-state index contributed by atoms with van der Waals surface area (Å²) in [7, 11) is 0. The predicted molar refractivity (Wildman–Crippen MR) is 77.4 cm³/mol. The molecule has 7 heteroatoms. The molecule has 106 valence electrons. The van der Waals surface area contributed by atoms with E-state index in [1.165, 1.54) is 12.7 Å². The lowest BCUT2D eigenvalue weighted by Gasteiger charge is -2.08. The van der Waals surface area contributed by atoms with Crippen molar-refractivity contribution in [1.82, 2.24) is 25.0 Å². The maximum atomic E-state index is 12.4. The number of rotatable bonds is 3. The van der Waals surface area contributed by atoms with E-state index in [0.29, 0.717) is 17.1 Å². The molecule has 0 radical (unpaired) electrons. The van der Waals surface area contributed by atoms with Crippen molar-refractivity contribution in [3.63, 3.8) is 0 Å². The summed E-state index contributed by atoms with van der Waals surface area (Å²) in [6.45, 7) is 3.74. The van der Waals surface area contributed by atoms with Crippen LogP contribution in [0, 0.1) is 13.8 Å². The van der Waals surface area contributed by atoms with Crippen LogP contribution in [0.4, 0.5) is 5.69 Å². The third kappa shape index (κ3) is 2.40. The Labute approximate surface area is 121 Å². The Morgan fingerprint density at radius 3 is 2.62 bits per heavy atom. The SMILES string of the molecule is Cc1ccccc1C(=O)Nc1c(-n2cnnc2)n[nH]c1C. The first-order chi connectivity index (χ1) is 10.2. The lowest BCUT2D eigenvalue weighted by molar-refractivity contribution is 0.102. The number of aromatic amines is 1. The average Bonchev–Trinajstić information content (AvgIpc) is 3.10. The van der Waals surface area contributed by atoms with Crippen molar-refractivity contribution < 1.29 is 4.79 Å². The van der Waals surface area contributed by atoms with Gasteiger partial charge in [0.1, 0.15) is 18.3 Å². The second-order valence-electron chi connectivity index (χ2n) is 4.69. The van der Waals surface area contributed by atoms with Gasteiger partial charge in [0.25, 0.3) is 5.91 Å². The molecule has 1 amide bonds. The molecule has 2 N–H and O–H groups in total. The molecule has 3 rings (SSSR count). The minimum atomic E-state index is -0.174. The molecule has 0 aliphatic carbocycles. The second kappa shape index (κ2) is 5.20. The first-order valence-electron chi connectivity index (χ1n) is 6.44. The van der Waals surface area contributed by atoms with Crippen LogP contribution in [0.5, 0.6) is 0 Å². The van der Waals surface area contributed by atoms with E-state index in [4.69, 9.17) is 0 Å². The number of amides is 1. The van der Waals surface area contributed by atoms with Gasteiger partial charge in [-0.15, -0.1) is 10.2 Å². The Hall–Kier alpha value is -2.96. The molecule has 7 nitrogen and oxygen atoms in total. The maximum Gasteiger partial charge on any atom is 0.256 e. The van der Waals surface area contributed by atoms with E-state index in [9.17, 15) is 4.79 Å². The fraction of sp³-hybridized carbons (Fsp3) is 0.143. The number of hydrogen-bond donors (Lipinski definition) is 2. The van der Waals surface area contributed by atoms with E-state index in [1.54, 1.807) is 10.6 Å². The number of H-pyrrole nitrogens is 1. The summed E-state index contributed by atoms with van der Waals surface area (Å²) in [4.78, 5) is 12.4. The molecule has 0 unspecified atom stereocenters. The minimum absolute atomic E-state index is 0.174. The number of nitrogens with one attached hydrogen (secondary N) is 2. The fourth-order valence-corrected chi connectivity index (χ4v) is 2.07. The third-order valence-corrected chi connectivity index (χ3v) is 3.22. The fourth-order valence-electron chi connectivity index (χ4n) is 2.07. The highest BCUT2D eigenvalue weighted by Crippen LogP contribution is 2.22. The highest BCUT2D eigenvalue weighted by molar-refractivity contribution is 6.06. The highest BCUT2D eigenvalue weighted by atomic mass is 16.1. The quantitative estimate of drug-likeness (QED) is 0.767. The Kier molecular flexibility index (Phi) is 3.23. The summed E-state index contributed by atoms with van der Waals surface area (Å²) in [6, 6.07) is 7.43. The summed E-state index contributed by atoms with van der Waals surface area (Å²) >= 11 is 0. The van der Waals surface area contributed by atoms with Gasteiger partial charge in [-0.3, -0.25) is 14.5 Å². The minimum Gasteiger partial charge on any atom is -0.317 e. The van der Waals surface area contributed by atoms with Gasteiger partial charge in [-0.05, 0) is 25.5 Å². The van der Waals surface area contributed by atoms with Crippen LogP contribution in [0.25, 0.3) is 5.82 Å². The molecule has 0 aliphatic heterocycles. The summed E-state index contributed by atoms with van der Waals surface area (Å²) in [5.74, 6) is 0.381. The van der Waals surface area contributed by atoms with Gasteiger partial charge < -0.3 is 5.32 Å². The van der Waals surface area contributed by atoms with Gasteiger partial charge in [-0.25, -0.2) is 0 Å². The second-order valence-corrected chi connectivity index (χ2v) is 4.69. The van der Waals surface area contributed by atoms with Crippen LogP contribution in [-0.2, 0) is 0 Å². The van der Waals surface area contributed by atoms with Crippen LogP contribution < -0.4 is 5.32 Å². The molecule has 0 aliphatic rings. The number of benzene rings is 1. The van der Waals surface area contributed by atoms with E-state index in [0.717, 1.165) is 11.3 Å². The zero-order valence-electron chi connectivity index (χ0n) is 11.7. The van der Waals surface area contributed by atoms with E-state index in [1.807, 2.05) is 32.0 Å². The largest absolute Gasteiger partial charge is 0.317 e. The molecular formula is C14H14N6O. The van der Waals surface area contributed by atoms with E-state index in [2.05, 4.69) is 25.7 Å². The molecule has 0 fully saturated rings. The maximum absolute atomic E-state index is 12.4. The molecule has 3 aromatic rings.